The molecule has 0 atom stereocenters. The van der Waals surface area contributed by atoms with Crippen LogP contribution >= 0.6 is 0 Å². The first-order chi connectivity index (χ1) is 13.0. The highest BCUT2D eigenvalue weighted by Gasteiger charge is 2.19. The molecule has 0 bridgehead atoms. The van der Waals surface area contributed by atoms with Crippen LogP contribution in [0.25, 0.3) is 0 Å². The summed E-state index contributed by atoms with van der Waals surface area (Å²) >= 11 is 0. The number of rotatable bonds is 6. The maximum atomic E-state index is 12.3. The molecule has 0 unspecified atom stereocenters. The van der Waals surface area contributed by atoms with Crippen molar-refractivity contribution in [2.24, 2.45) is 0 Å². The van der Waals surface area contributed by atoms with Gasteiger partial charge in [-0.25, -0.2) is 9.97 Å². The number of aryl methyl sites for hydroxylation is 1. The Morgan fingerprint density at radius 1 is 1.11 bits per heavy atom. The molecule has 3 rings (SSSR count). The predicted octanol–water partition coefficient (Wildman–Crippen LogP) is 1.40. The summed E-state index contributed by atoms with van der Waals surface area (Å²) in [7, 11) is 3.96. The van der Waals surface area contributed by atoms with E-state index in [2.05, 4.69) is 56.3 Å². The molecule has 1 N–H and O–H groups in total. The Morgan fingerprint density at radius 2 is 1.85 bits per heavy atom. The van der Waals surface area contributed by atoms with E-state index in [0.717, 1.165) is 38.5 Å². The molecule has 1 aromatic heterocycles. The van der Waals surface area contributed by atoms with Gasteiger partial charge < -0.3 is 20.0 Å². The summed E-state index contributed by atoms with van der Waals surface area (Å²) in [6, 6.07) is 10.4. The third-order valence-electron chi connectivity index (χ3n) is 4.70. The smallest absolute Gasteiger partial charge is 0.270 e. The SMILES string of the molecule is Cc1cccc(N2CCN(c3cc(C(=O)NCCN(C)C)ncn3)CC2)c1. The van der Waals surface area contributed by atoms with Crippen molar-refractivity contribution in [3.63, 3.8) is 0 Å². The molecule has 1 aliphatic heterocycles. The van der Waals surface area contributed by atoms with Crippen LogP contribution in [0.1, 0.15) is 16.1 Å². The Balaban J connectivity index is 1.59. The lowest BCUT2D eigenvalue weighted by atomic mass is 10.2. The fourth-order valence-electron chi connectivity index (χ4n) is 3.15. The summed E-state index contributed by atoms with van der Waals surface area (Å²) in [4.78, 5) is 27.4. The number of piperazine rings is 1. The second-order valence-corrected chi connectivity index (χ2v) is 7.13. The van der Waals surface area contributed by atoms with Gasteiger partial charge in [0.1, 0.15) is 17.8 Å². The maximum Gasteiger partial charge on any atom is 0.270 e. The van der Waals surface area contributed by atoms with Crippen molar-refractivity contribution in [1.29, 1.82) is 0 Å². The predicted molar refractivity (Wildman–Crippen MR) is 109 cm³/mol. The topological polar surface area (TPSA) is 64.6 Å². The summed E-state index contributed by atoms with van der Waals surface area (Å²) < 4.78 is 0. The zero-order valence-electron chi connectivity index (χ0n) is 16.4. The van der Waals surface area contributed by atoms with Crippen LogP contribution in [0.4, 0.5) is 11.5 Å². The van der Waals surface area contributed by atoms with Crippen LogP contribution in [-0.2, 0) is 0 Å². The monoisotopic (exact) mass is 368 g/mol. The molecule has 144 valence electrons. The highest BCUT2D eigenvalue weighted by molar-refractivity contribution is 5.92. The van der Waals surface area contributed by atoms with Gasteiger partial charge >= 0.3 is 0 Å². The normalized spacial score (nSPS) is 14.5. The Kier molecular flexibility index (Phi) is 6.24. The molecular formula is C20H28N6O. The summed E-state index contributed by atoms with van der Waals surface area (Å²) in [5.74, 6) is 0.658. The second kappa shape index (κ2) is 8.81. The van der Waals surface area contributed by atoms with Gasteiger partial charge in [0.25, 0.3) is 5.91 Å². The molecule has 7 nitrogen and oxygen atoms in total. The molecule has 2 aromatic rings. The van der Waals surface area contributed by atoms with Crippen molar-refractivity contribution in [3.8, 4) is 0 Å². The number of aromatic nitrogens is 2. The van der Waals surface area contributed by atoms with E-state index < -0.39 is 0 Å². The Labute approximate surface area is 161 Å². The number of nitrogens with zero attached hydrogens (tertiary/aromatic N) is 5. The molecule has 0 spiro atoms. The van der Waals surface area contributed by atoms with Crippen LogP contribution in [0.15, 0.2) is 36.7 Å². The van der Waals surface area contributed by atoms with Crippen LogP contribution in [0.3, 0.4) is 0 Å². The van der Waals surface area contributed by atoms with Crippen LogP contribution in [0, 0.1) is 6.92 Å². The van der Waals surface area contributed by atoms with E-state index in [4.69, 9.17) is 0 Å². The number of benzene rings is 1. The van der Waals surface area contributed by atoms with E-state index in [9.17, 15) is 4.79 Å². The summed E-state index contributed by atoms with van der Waals surface area (Å²) in [5, 5.41) is 2.90. The van der Waals surface area contributed by atoms with Crippen molar-refractivity contribution < 1.29 is 4.79 Å². The first kappa shape index (κ1) is 19.1. The van der Waals surface area contributed by atoms with E-state index in [1.165, 1.54) is 17.6 Å². The Morgan fingerprint density at radius 3 is 2.56 bits per heavy atom. The average molecular weight is 368 g/mol. The maximum absolute atomic E-state index is 12.3. The van der Waals surface area contributed by atoms with Crippen LogP contribution < -0.4 is 15.1 Å². The third kappa shape index (κ3) is 5.17. The van der Waals surface area contributed by atoms with Crippen LogP contribution in [-0.4, -0.2) is 74.1 Å². The highest BCUT2D eigenvalue weighted by atomic mass is 16.1. The lowest BCUT2D eigenvalue weighted by Crippen LogP contribution is -2.47. The lowest BCUT2D eigenvalue weighted by molar-refractivity contribution is 0.0946. The van der Waals surface area contributed by atoms with Gasteiger partial charge in [-0.3, -0.25) is 4.79 Å². The van der Waals surface area contributed by atoms with Crippen molar-refractivity contribution >= 4 is 17.4 Å². The van der Waals surface area contributed by atoms with Gasteiger partial charge in [-0.05, 0) is 38.7 Å². The van der Waals surface area contributed by atoms with Gasteiger partial charge in [0, 0.05) is 51.0 Å². The van der Waals surface area contributed by atoms with Gasteiger partial charge in [0.2, 0.25) is 0 Å². The number of amides is 1. The van der Waals surface area contributed by atoms with Gasteiger partial charge in [0.15, 0.2) is 0 Å². The van der Waals surface area contributed by atoms with E-state index in [1.807, 2.05) is 19.0 Å². The molecule has 0 saturated carbocycles. The average Bonchev–Trinajstić information content (AvgIpc) is 2.68. The molecule has 2 heterocycles. The van der Waals surface area contributed by atoms with Gasteiger partial charge in [-0.15, -0.1) is 0 Å². The Bertz CT molecular complexity index is 771. The number of carbonyl (C=O) groups excluding carboxylic acids is 1. The van der Waals surface area contributed by atoms with Gasteiger partial charge in [0.05, 0.1) is 0 Å². The molecule has 1 aliphatic rings. The molecular weight excluding hydrogens is 340 g/mol. The van der Waals surface area contributed by atoms with Crippen LogP contribution in [0.5, 0.6) is 0 Å². The van der Waals surface area contributed by atoms with E-state index >= 15 is 0 Å². The molecule has 1 aromatic carbocycles. The zero-order chi connectivity index (χ0) is 19.2. The molecule has 1 amide bonds. The minimum Gasteiger partial charge on any atom is -0.368 e. The molecule has 7 heteroatoms. The van der Waals surface area contributed by atoms with Crippen LogP contribution in [0.2, 0.25) is 0 Å². The van der Waals surface area contributed by atoms with E-state index in [1.54, 1.807) is 6.07 Å². The number of hydrogen-bond acceptors (Lipinski definition) is 6. The molecule has 0 aliphatic carbocycles. The largest absolute Gasteiger partial charge is 0.368 e. The number of likely N-dealkylation sites (N-methyl/N-ethyl adjacent to an activating group) is 1. The van der Waals surface area contributed by atoms with Gasteiger partial charge in [-0.2, -0.15) is 0 Å². The Hall–Kier alpha value is -2.67. The number of carbonyl (C=O) groups is 1. The third-order valence-corrected chi connectivity index (χ3v) is 4.70. The summed E-state index contributed by atoms with van der Waals surface area (Å²) in [5.41, 5.74) is 2.95. The fourth-order valence-corrected chi connectivity index (χ4v) is 3.15. The molecule has 1 saturated heterocycles. The van der Waals surface area contributed by atoms with Crippen molar-refractivity contribution in [2.75, 3.05) is 63.2 Å². The number of nitrogens with one attached hydrogen (secondary N) is 1. The van der Waals surface area contributed by atoms with Crippen molar-refractivity contribution in [3.05, 3.63) is 47.9 Å². The fraction of sp³-hybridized carbons (Fsp3) is 0.450. The van der Waals surface area contributed by atoms with Gasteiger partial charge in [-0.1, -0.05) is 12.1 Å². The molecule has 0 radical (unpaired) electrons. The first-order valence-corrected chi connectivity index (χ1v) is 9.34. The highest BCUT2D eigenvalue weighted by Crippen LogP contribution is 2.20. The summed E-state index contributed by atoms with van der Waals surface area (Å²) in [6.07, 6.45) is 1.48. The minimum atomic E-state index is -0.154. The first-order valence-electron chi connectivity index (χ1n) is 9.34. The number of anilines is 2. The van der Waals surface area contributed by atoms with E-state index in [-0.39, 0.29) is 5.91 Å². The summed E-state index contributed by atoms with van der Waals surface area (Å²) in [6.45, 7) is 7.10. The quantitative estimate of drug-likeness (QED) is 0.832. The van der Waals surface area contributed by atoms with Crippen molar-refractivity contribution in [2.45, 2.75) is 6.92 Å². The van der Waals surface area contributed by atoms with E-state index in [0.29, 0.717) is 12.2 Å². The second-order valence-electron chi connectivity index (χ2n) is 7.13. The minimum absolute atomic E-state index is 0.154. The zero-order valence-corrected chi connectivity index (χ0v) is 16.4. The lowest BCUT2D eigenvalue weighted by Gasteiger charge is -2.36. The molecule has 1 fully saturated rings. The van der Waals surface area contributed by atoms with Crippen molar-refractivity contribution in [1.82, 2.24) is 20.2 Å². The standard InChI is InChI=1S/C20H28N6O/c1-16-5-4-6-17(13-16)25-9-11-26(12-10-25)19-14-18(22-15-23-19)20(27)21-7-8-24(2)3/h4-6,13-15H,7-12H2,1-3H3,(H,21,27). The number of hydrogen-bond donors (Lipinski definition) is 1. The molecule has 27 heavy (non-hydrogen) atoms.